The summed E-state index contributed by atoms with van der Waals surface area (Å²) in [5.74, 6) is 0. The maximum atomic E-state index is 5.29. The van der Waals surface area contributed by atoms with Gasteiger partial charge in [0.25, 0.3) is 0 Å². The summed E-state index contributed by atoms with van der Waals surface area (Å²) in [6.07, 6.45) is 0.855. The molecule has 0 fully saturated rings. The zero-order chi connectivity index (χ0) is 24.1. The third kappa shape index (κ3) is 3.46. The predicted octanol–water partition coefficient (Wildman–Crippen LogP) is 8.81. The number of fused-ring (bicyclic) bond motifs is 3. The summed E-state index contributed by atoms with van der Waals surface area (Å²) in [5, 5.41) is 15.2. The molecular weight excluding hydrogens is 436 g/mol. The van der Waals surface area contributed by atoms with Crippen molar-refractivity contribution in [1.82, 2.24) is 0 Å². The van der Waals surface area contributed by atoms with E-state index >= 15 is 0 Å². The van der Waals surface area contributed by atoms with Crippen molar-refractivity contribution in [1.29, 1.82) is 0 Å². The van der Waals surface area contributed by atoms with Crippen LogP contribution in [0.25, 0.3) is 32.3 Å². The lowest BCUT2D eigenvalue weighted by Crippen LogP contribution is -2.19. The highest BCUT2D eigenvalue weighted by Gasteiger charge is 2.32. The van der Waals surface area contributed by atoms with Gasteiger partial charge in [0.15, 0.2) is 0 Å². The molecule has 172 valence electrons. The van der Waals surface area contributed by atoms with E-state index in [1.54, 1.807) is 0 Å². The van der Waals surface area contributed by atoms with Gasteiger partial charge in [-0.25, -0.2) is 0 Å². The lowest BCUT2D eigenvalue weighted by atomic mass is 9.89. The van der Waals surface area contributed by atoms with Crippen LogP contribution >= 0.6 is 0 Å². The molecule has 1 unspecified atom stereocenters. The molecule has 0 aliphatic carbocycles. The van der Waals surface area contributed by atoms with E-state index in [-0.39, 0.29) is 6.04 Å². The third-order valence-electron chi connectivity index (χ3n) is 7.44. The number of anilines is 1. The lowest BCUT2D eigenvalue weighted by molar-refractivity contribution is 0.720. The summed E-state index contributed by atoms with van der Waals surface area (Å²) in [4.78, 5) is 0. The van der Waals surface area contributed by atoms with Gasteiger partial charge in [-0.05, 0) is 68.6 Å². The van der Waals surface area contributed by atoms with Gasteiger partial charge in [-0.3, -0.25) is 5.01 Å². The summed E-state index contributed by atoms with van der Waals surface area (Å²) in [6.45, 7) is 2.13. The zero-order valence-corrected chi connectivity index (χ0v) is 20.2. The van der Waals surface area contributed by atoms with Gasteiger partial charge in [-0.2, -0.15) is 5.10 Å². The molecule has 1 aliphatic rings. The topological polar surface area (TPSA) is 15.6 Å². The summed E-state index contributed by atoms with van der Waals surface area (Å²) >= 11 is 0. The van der Waals surface area contributed by atoms with E-state index in [1.165, 1.54) is 49.0 Å². The lowest BCUT2D eigenvalue weighted by Gasteiger charge is -2.27. The molecule has 1 aliphatic heterocycles. The second-order valence-electron chi connectivity index (χ2n) is 9.74. The molecule has 6 aromatic rings. The van der Waals surface area contributed by atoms with E-state index in [4.69, 9.17) is 5.10 Å². The van der Waals surface area contributed by atoms with Crippen LogP contribution in [0.3, 0.4) is 0 Å². The fourth-order valence-electron chi connectivity index (χ4n) is 5.62. The van der Waals surface area contributed by atoms with Crippen LogP contribution in [0.15, 0.2) is 126 Å². The molecule has 1 atom stereocenters. The molecule has 0 aromatic heterocycles. The van der Waals surface area contributed by atoms with Crippen molar-refractivity contribution >= 4 is 43.7 Å². The van der Waals surface area contributed by atoms with E-state index in [0.29, 0.717) is 0 Å². The van der Waals surface area contributed by atoms with E-state index in [1.807, 2.05) is 0 Å². The molecular formula is C34H26N2. The van der Waals surface area contributed by atoms with Gasteiger partial charge in [-0.1, -0.05) is 109 Å². The Kier molecular flexibility index (Phi) is 4.85. The first-order chi connectivity index (χ1) is 17.7. The van der Waals surface area contributed by atoms with Crippen molar-refractivity contribution in [3.05, 3.63) is 138 Å². The second kappa shape index (κ2) is 8.35. The summed E-state index contributed by atoms with van der Waals surface area (Å²) in [7, 11) is 0. The van der Waals surface area contributed by atoms with Crippen molar-refractivity contribution in [2.45, 2.75) is 19.4 Å². The molecule has 0 bridgehead atoms. The van der Waals surface area contributed by atoms with E-state index in [0.717, 1.165) is 17.8 Å². The van der Waals surface area contributed by atoms with E-state index in [2.05, 4.69) is 133 Å². The Hall–Kier alpha value is -4.43. The van der Waals surface area contributed by atoms with Gasteiger partial charge in [0.2, 0.25) is 0 Å². The predicted molar refractivity (Wildman–Crippen MR) is 153 cm³/mol. The number of hydrogen-bond donors (Lipinski definition) is 0. The van der Waals surface area contributed by atoms with Gasteiger partial charge in [-0.15, -0.1) is 0 Å². The molecule has 1 heterocycles. The van der Waals surface area contributed by atoms with E-state index < -0.39 is 0 Å². The van der Waals surface area contributed by atoms with E-state index in [9.17, 15) is 0 Å². The first kappa shape index (κ1) is 20.9. The molecule has 2 nitrogen and oxygen atoms in total. The highest BCUT2D eigenvalue weighted by atomic mass is 15.5. The Labute approximate surface area is 211 Å². The molecule has 0 radical (unpaired) electrons. The Morgan fingerprint density at radius 3 is 1.92 bits per heavy atom. The minimum Gasteiger partial charge on any atom is -0.257 e. The normalized spacial score (nSPS) is 15.6. The van der Waals surface area contributed by atoms with Crippen molar-refractivity contribution < 1.29 is 0 Å². The number of aryl methyl sites for hydroxylation is 1. The summed E-state index contributed by atoms with van der Waals surface area (Å²) in [6, 6.07) is 44.0. The average Bonchev–Trinajstić information content (AvgIpc) is 3.37. The Morgan fingerprint density at radius 1 is 0.611 bits per heavy atom. The van der Waals surface area contributed by atoms with Crippen LogP contribution in [-0.2, 0) is 0 Å². The largest absolute Gasteiger partial charge is 0.257 e. The van der Waals surface area contributed by atoms with Gasteiger partial charge < -0.3 is 0 Å². The number of hydrazone groups is 1. The number of nitrogens with zero attached hydrogens (tertiary/aromatic N) is 2. The quantitative estimate of drug-likeness (QED) is 0.240. The number of hydrogen-bond acceptors (Lipinski definition) is 2. The van der Waals surface area contributed by atoms with Crippen molar-refractivity contribution in [2.24, 2.45) is 5.10 Å². The second-order valence-corrected chi connectivity index (χ2v) is 9.74. The first-order valence-corrected chi connectivity index (χ1v) is 12.6. The Bertz CT molecular complexity index is 1730. The molecule has 0 spiro atoms. The SMILES string of the molecule is Cc1ccc(C2=NN(c3ccc4ccccc4c3)C(c3c4ccccc4cc4ccccc34)C2)cc1. The van der Waals surface area contributed by atoms with Gasteiger partial charge in [0.05, 0.1) is 17.4 Å². The zero-order valence-electron chi connectivity index (χ0n) is 20.2. The number of benzene rings is 6. The fraction of sp³-hybridized carbons (Fsp3) is 0.0882. The average molecular weight is 463 g/mol. The van der Waals surface area contributed by atoms with Crippen LogP contribution in [0.4, 0.5) is 5.69 Å². The molecule has 2 heteroatoms. The molecule has 36 heavy (non-hydrogen) atoms. The highest BCUT2D eigenvalue weighted by Crippen LogP contribution is 2.43. The van der Waals surface area contributed by atoms with Crippen molar-refractivity contribution in [2.75, 3.05) is 5.01 Å². The van der Waals surface area contributed by atoms with Crippen LogP contribution in [-0.4, -0.2) is 5.71 Å². The third-order valence-corrected chi connectivity index (χ3v) is 7.44. The summed E-state index contributed by atoms with van der Waals surface area (Å²) < 4.78 is 0. The minimum atomic E-state index is 0.0958. The van der Waals surface area contributed by atoms with Crippen LogP contribution < -0.4 is 5.01 Å². The van der Waals surface area contributed by atoms with Crippen LogP contribution in [0.5, 0.6) is 0 Å². The fourth-order valence-corrected chi connectivity index (χ4v) is 5.62. The maximum Gasteiger partial charge on any atom is 0.0843 e. The molecule has 0 saturated carbocycles. The van der Waals surface area contributed by atoms with Gasteiger partial charge in [0, 0.05) is 6.42 Å². The highest BCUT2D eigenvalue weighted by molar-refractivity contribution is 6.07. The van der Waals surface area contributed by atoms with Crippen molar-refractivity contribution in [3.8, 4) is 0 Å². The molecule has 0 saturated heterocycles. The monoisotopic (exact) mass is 462 g/mol. The standard InChI is InChI=1S/C34H26N2/c1-23-14-16-25(17-15-23)32-22-33(36(35-32)29-19-18-24-8-2-3-9-26(24)21-29)34-30-12-6-4-10-27(30)20-28-11-5-7-13-31(28)34/h2-21,33H,22H2,1H3. The number of rotatable bonds is 3. The van der Waals surface area contributed by atoms with Crippen LogP contribution in [0.2, 0.25) is 0 Å². The Morgan fingerprint density at radius 2 is 1.22 bits per heavy atom. The Balaban J connectivity index is 1.47. The van der Waals surface area contributed by atoms with Crippen LogP contribution in [0.1, 0.15) is 29.2 Å². The van der Waals surface area contributed by atoms with Crippen molar-refractivity contribution in [3.63, 3.8) is 0 Å². The van der Waals surface area contributed by atoms with Gasteiger partial charge in [0.1, 0.15) is 0 Å². The van der Waals surface area contributed by atoms with Gasteiger partial charge >= 0.3 is 0 Å². The summed E-state index contributed by atoms with van der Waals surface area (Å²) in [5.41, 5.74) is 6.06. The maximum absolute atomic E-state index is 5.29. The first-order valence-electron chi connectivity index (χ1n) is 12.6. The molecule has 7 rings (SSSR count). The minimum absolute atomic E-state index is 0.0958. The molecule has 0 N–H and O–H groups in total. The molecule has 0 amide bonds. The van der Waals surface area contributed by atoms with Crippen LogP contribution in [0, 0.1) is 6.92 Å². The smallest absolute Gasteiger partial charge is 0.0843 e. The molecule has 6 aromatic carbocycles.